The Hall–Kier alpha value is -3.27. The van der Waals surface area contributed by atoms with Gasteiger partial charge in [-0.05, 0) is 30.9 Å². The maximum atomic E-state index is 13.9. The van der Waals surface area contributed by atoms with Gasteiger partial charge in [-0.25, -0.2) is 0 Å². The lowest BCUT2D eigenvalue weighted by Crippen LogP contribution is -2.62. The van der Waals surface area contributed by atoms with Gasteiger partial charge in [-0.1, -0.05) is 60.7 Å². The van der Waals surface area contributed by atoms with Gasteiger partial charge in [0.1, 0.15) is 11.6 Å². The highest BCUT2D eigenvalue weighted by molar-refractivity contribution is 5.93. The minimum atomic E-state index is -1.55. The van der Waals surface area contributed by atoms with Gasteiger partial charge in [-0.3, -0.25) is 14.4 Å². The number of carbonyl (C=O) groups excluding carboxylic acids is 3. The molecule has 4 rings (SSSR count). The van der Waals surface area contributed by atoms with E-state index in [1.54, 1.807) is 9.80 Å². The van der Waals surface area contributed by atoms with Crippen molar-refractivity contribution in [1.82, 2.24) is 15.1 Å². The zero-order chi connectivity index (χ0) is 27.3. The van der Waals surface area contributed by atoms with E-state index in [0.717, 1.165) is 11.1 Å². The normalized spacial score (nSPS) is 23.8. The van der Waals surface area contributed by atoms with Gasteiger partial charge in [0.2, 0.25) is 17.7 Å². The molecule has 4 unspecified atom stereocenters. The molecule has 2 aromatic carbocycles. The molecule has 4 atom stereocenters. The van der Waals surface area contributed by atoms with Crippen LogP contribution in [0.25, 0.3) is 0 Å². The van der Waals surface area contributed by atoms with Gasteiger partial charge in [-0.2, -0.15) is 0 Å². The van der Waals surface area contributed by atoms with E-state index >= 15 is 0 Å². The Morgan fingerprint density at radius 2 is 1.84 bits per heavy atom. The highest BCUT2D eigenvalue weighted by Gasteiger charge is 2.55. The van der Waals surface area contributed by atoms with Crippen LogP contribution >= 0.6 is 0 Å². The number of carbonyl (C=O) groups is 3. The second kappa shape index (κ2) is 11.6. The average Bonchev–Trinajstić information content (AvgIpc) is 3.17. The molecule has 2 aliphatic heterocycles. The van der Waals surface area contributed by atoms with Gasteiger partial charge in [-0.15, -0.1) is 0 Å². The van der Waals surface area contributed by atoms with Gasteiger partial charge >= 0.3 is 0 Å². The molecule has 2 saturated heterocycles. The van der Waals surface area contributed by atoms with Crippen molar-refractivity contribution < 1.29 is 24.2 Å². The van der Waals surface area contributed by atoms with Crippen LogP contribution in [-0.4, -0.2) is 84.1 Å². The molecular weight excluding hydrogens is 484 g/mol. The quantitative estimate of drug-likeness (QED) is 0.455. The summed E-state index contributed by atoms with van der Waals surface area (Å²) in [5, 5.41) is 12.3. The molecule has 2 aliphatic rings. The number of nitrogens with zero attached hydrogens (tertiary/aromatic N) is 2. The molecule has 0 bridgehead atoms. The molecule has 4 N–H and O–H groups in total. The van der Waals surface area contributed by atoms with Gasteiger partial charge in [0.05, 0.1) is 25.2 Å². The minimum absolute atomic E-state index is 0.0408. The first kappa shape index (κ1) is 27.8. The molecule has 38 heavy (non-hydrogen) atoms. The van der Waals surface area contributed by atoms with Crippen molar-refractivity contribution in [2.45, 2.75) is 43.9 Å². The summed E-state index contributed by atoms with van der Waals surface area (Å²) in [6.45, 7) is 2.36. The third-order valence-corrected chi connectivity index (χ3v) is 7.78. The molecule has 2 fully saturated rings. The van der Waals surface area contributed by atoms with Crippen molar-refractivity contribution in [3.8, 4) is 0 Å². The standard InChI is InChI=1S/C29H38N4O5/c1-28(30,20-34)26(36)31-24(18-38-17-21-10-5-3-6-11-21)25(35)33-15-9-14-29(19-33)23(16-32(2)27(29)37)22-12-7-4-8-13-22/h3-8,10-13,23-24,34H,9,14-20,30H2,1-2H3,(H,31,36). The highest BCUT2D eigenvalue weighted by Crippen LogP contribution is 2.49. The van der Waals surface area contributed by atoms with Crippen molar-refractivity contribution in [3.63, 3.8) is 0 Å². The zero-order valence-corrected chi connectivity index (χ0v) is 22.1. The fourth-order valence-corrected chi connectivity index (χ4v) is 5.56. The van der Waals surface area contributed by atoms with Crippen LogP contribution in [0.2, 0.25) is 0 Å². The number of hydrogen-bond donors (Lipinski definition) is 3. The SMILES string of the molecule is CN1CC(c2ccccc2)C2(CCCN(C(=O)C(COCc3ccccc3)NC(=O)C(C)(N)CO)C2)C1=O. The lowest BCUT2D eigenvalue weighted by atomic mass is 9.69. The minimum Gasteiger partial charge on any atom is -0.394 e. The molecule has 0 radical (unpaired) electrons. The molecule has 0 aliphatic carbocycles. The largest absolute Gasteiger partial charge is 0.394 e. The first-order chi connectivity index (χ1) is 18.2. The maximum Gasteiger partial charge on any atom is 0.247 e. The Morgan fingerprint density at radius 1 is 1.18 bits per heavy atom. The molecule has 2 heterocycles. The summed E-state index contributed by atoms with van der Waals surface area (Å²) in [7, 11) is 1.81. The predicted octanol–water partition coefficient (Wildman–Crippen LogP) is 1.26. The van der Waals surface area contributed by atoms with Crippen LogP contribution in [0, 0.1) is 5.41 Å². The van der Waals surface area contributed by atoms with Crippen molar-refractivity contribution in [1.29, 1.82) is 0 Å². The summed E-state index contributed by atoms with van der Waals surface area (Å²) in [5.41, 5.74) is 5.68. The Morgan fingerprint density at radius 3 is 2.50 bits per heavy atom. The number of likely N-dealkylation sites (N-methyl/N-ethyl adjacent to an activating group) is 1. The van der Waals surface area contributed by atoms with E-state index in [0.29, 0.717) is 25.9 Å². The number of ether oxygens (including phenoxy) is 1. The van der Waals surface area contributed by atoms with E-state index in [-0.39, 0.29) is 37.5 Å². The van der Waals surface area contributed by atoms with Gasteiger partial charge in [0.15, 0.2) is 0 Å². The number of benzene rings is 2. The second-order valence-corrected chi connectivity index (χ2v) is 10.8. The number of likely N-dealkylation sites (tertiary alicyclic amines) is 2. The van der Waals surface area contributed by atoms with E-state index in [9.17, 15) is 19.5 Å². The third-order valence-electron chi connectivity index (χ3n) is 7.78. The van der Waals surface area contributed by atoms with Crippen LogP contribution in [0.15, 0.2) is 60.7 Å². The van der Waals surface area contributed by atoms with Crippen molar-refractivity contribution in [2.24, 2.45) is 11.1 Å². The molecule has 3 amide bonds. The molecule has 9 nitrogen and oxygen atoms in total. The van der Waals surface area contributed by atoms with Gasteiger partial charge in [0.25, 0.3) is 0 Å². The van der Waals surface area contributed by atoms with E-state index in [4.69, 9.17) is 10.5 Å². The van der Waals surface area contributed by atoms with E-state index < -0.39 is 29.5 Å². The van der Waals surface area contributed by atoms with Crippen LogP contribution in [-0.2, 0) is 25.7 Å². The summed E-state index contributed by atoms with van der Waals surface area (Å²) in [4.78, 5) is 43.7. The monoisotopic (exact) mass is 522 g/mol. The van der Waals surface area contributed by atoms with Crippen LogP contribution in [0.3, 0.4) is 0 Å². The van der Waals surface area contributed by atoms with Crippen LogP contribution in [0.4, 0.5) is 0 Å². The first-order valence-corrected chi connectivity index (χ1v) is 13.1. The van der Waals surface area contributed by atoms with E-state index in [1.165, 1.54) is 6.92 Å². The molecular formula is C29H38N4O5. The Bertz CT molecular complexity index is 1130. The number of nitrogens with one attached hydrogen (secondary N) is 1. The topological polar surface area (TPSA) is 125 Å². The number of nitrogens with two attached hydrogens (primary N) is 1. The number of aliphatic hydroxyl groups excluding tert-OH is 1. The fraction of sp³-hybridized carbons (Fsp3) is 0.483. The zero-order valence-electron chi connectivity index (χ0n) is 22.1. The fourth-order valence-electron chi connectivity index (χ4n) is 5.56. The van der Waals surface area contributed by atoms with Gasteiger partial charge < -0.3 is 30.7 Å². The molecule has 1 spiro atoms. The number of hydrogen-bond acceptors (Lipinski definition) is 6. The van der Waals surface area contributed by atoms with E-state index in [2.05, 4.69) is 5.32 Å². The maximum absolute atomic E-state index is 13.9. The lowest BCUT2D eigenvalue weighted by molar-refractivity contribution is -0.147. The Labute approximate surface area is 223 Å². The summed E-state index contributed by atoms with van der Waals surface area (Å²) < 4.78 is 5.85. The number of aliphatic hydroxyl groups is 1. The summed E-state index contributed by atoms with van der Waals surface area (Å²) in [5.74, 6) is -0.971. The van der Waals surface area contributed by atoms with Crippen molar-refractivity contribution >= 4 is 17.7 Å². The number of amides is 3. The van der Waals surface area contributed by atoms with Crippen molar-refractivity contribution in [3.05, 3.63) is 71.8 Å². The summed E-state index contributed by atoms with van der Waals surface area (Å²) in [6, 6.07) is 18.5. The number of rotatable bonds is 9. The molecule has 2 aromatic rings. The highest BCUT2D eigenvalue weighted by atomic mass is 16.5. The van der Waals surface area contributed by atoms with Crippen LogP contribution in [0.1, 0.15) is 36.8 Å². The van der Waals surface area contributed by atoms with Gasteiger partial charge in [0, 0.05) is 32.6 Å². The first-order valence-electron chi connectivity index (χ1n) is 13.1. The molecule has 9 heteroatoms. The van der Waals surface area contributed by atoms with Crippen LogP contribution in [0.5, 0.6) is 0 Å². The molecule has 204 valence electrons. The van der Waals surface area contributed by atoms with Crippen LogP contribution < -0.4 is 11.1 Å². The predicted molar refractivity (Wildman–Crippen MR) is 143 cm³/mol. The van der Waals surface area contributed by atoms with Crippen molar-refractivity contribution in [2.75, 3.05) is 39.9 Å². The lowest BCUT2D eigenvalue weighted by Gasteiger charge is -2.43. The van der Waals surface area contributed by atoms with E-state index in [1.807, 2.05) is 67.7 Å². The summed E-state index contributed by atoms with van der Waals surface area (Å²) in [6.07, 6.45) is 1.36. The third kappa shape index (κ3) is 5.75. The molecule has 0 saturated carbocycles. The average molecular weight is 523 g/mol. The Kier molecular flexibility index (Phi) is 8.50. The summed E-state index contributed by atoms with van der Waals surface area (Å²) >= 11 is 0. The second-order valence-electron chi connectivity index (χ2n) is 10.8. The Balaban J connectivity index is 1.55. The number of piperidine rings is 1. The molecule has 0 aromatic heterocycles. The smallest absolute Gasteiger partial charge is 0.247 e.